The molecule has 15 heavy (non-hydrogen) atoms. The van der Waals surface area contributed by atoms with Gasteiger partial charge < -0.3 is 0 Å². The molecule has 0 aliphatic heterocycles. The van der Waals surface area contributed by atoms with Gasteiger partial charge in [-0.2, -0.15) is 0 Å². The number of alkyl halides is 2. The lowest BCUT2D eigenvalue weighted by atomic mass is 10.3. The van der Waals surface area contributed by atoms with Gasteiger partial charge >= 0.3 is 0 Å². The molecule has 0 aliphatic rings. The molecule has 1 aromatic rings. The Kier molecular flexibility index (Phi) is 3.76. The number of nitrogens with zero attached hydrogens (tertiary/aromatic N) is 1. The van der Waals surface area contributed by atoms with Gasteiger partial charge in [0.05, 0.1) is 10.6 Å². The van der Waals surface area contributed by atoms with E-state index in [1.54, 1.807) is 0 Å². The van der Waals surface area contributed by atoms with Gasteiger partial charge in [-0.15, -0.1) is 0 Å². The zero-order chi connectivity index (χ0) is 11.8. The molecule has 0 radical (unpaired) electrons. The van der Waals surface area contributed by atoms with Gasteiger partial charge in [0.2, 0.25) is 0 Å². The molecule has 3 nitrogen and oxygen atoms in total. The highest BCUT2D eigenvalue weighted by atomic mass is 35.7. The van der Waals surface area contributed by atoms with Gasteiger partial charge in [-0.05, 0) is 6.07 Å². The fourth-order valence-electron chi connectivity index (χ4n) is 0.793. The molecule has 0 spiro atoms. The highest BCUT2D eigenvalue weighted by molar-refractivity contribution is 8.13. The maximum absolute atomic E-state index is 12.3. The van der Waals surface area contributed by atoms with E-state index in [4.69, 9.17) is 33.9 Å². The van der Waals surface area contributed by atoms with Crippen molar-refractivity contribution in [2.24, 2.45) is 0 Å². The first-order valence-electron chi connectivity index (χ1n) is 3.32. The number of aromatic nitrogens is 1. The third-order valence-electron chi connectivity index (χ3n) is 1.41. The van der Waals surface area contributed by atoms with Crippen LogP contribution >= 0.6 is 33.9 Å². The van der Waals surface area contributed by atoms with Crippen LogP contribution in [0.4, 0.5) is 8.78 Å². The second-order valence-corrected chi connectivity index (χ2v) is 5.66. The Labute approximate surface area is 98.4 Å². The summed E-state index contributed by atoms with van der Waals surface area (Å²) in [7, 11) is 0.796. The summed E-state index contributed by atoms with van der Waals surface area (Å²) >= 11 is 10.7. The van der Waals surface area contributed by atoms with E-state index in [9.17, 15) is 17.2 Å². The monoisotopic (exact) mass is 295 g/mol. The SMILES string of the molecule is O=S(=O)(Cl)c1cc(Cl)c(C(F)F)c(Cl)n1. The van der Waals surface area contributed by atoms with Crippen molar-refractivity contribution < 1.29 is 17.2 Å². The summed E-state index contributed by atoms with van der Waals surface area (Å²) in [6, 6.07) is 0.720. The minimum atomic E-state index is -4.14. The highest BCUT2D eigenvalue weighted by Gasteiger charge is 2.22. The van der Waals surface area contributed by atoms with Crippen molar-refractivity contribution in [3.05, 3.63) is 21.8 Å². The summed E-state index contributed by atoms with van der Waals surface area (Å²) in [6.07, 6.45) is -2.94. The van der Waals surface area contributed by atoms with Gasteiger partial charge in [0, 0.05) is 10.7 Å². The lowest BCUT2D eigenvalue weighted by molar-refractivity contribution is 0.151. The molecular formula is C6H2Cl3F2NO2S. The Morgan fingerprint density at radius 3 is 2.20 bits per heavy atom. The van der Waals surface area contributed by atoms with Gasteiger partial charge in [-0.3, -0.25) is 0 Å². The van der Waals surface area contributed by atoms with E-state index in [0.717, 1.165) is 6.07 Å². The molecule has 0 saturated carbocycles. The van der Waals surface area contributed by atoms with Gasteiger partial charge in [-0.25, -0.2) is 22.2 Å². The highest BCUT2D eigenvalue weighted by Crippen LogP contribution is 2.34. The van der Waals surface area contributed by atoms with Gasteiger partial charge in [0.1, 0.15) is 5.15 Å². The standard InChI is InChI=1S/C6H2Cl3F2NO2S/c7-2-1-3(15(9,13)14)12-5(8)4(2)6(10)11/h1,6H. The first-order chi connectivity index (χ1) is 6.73. The van der Waals surface area contributed by atoms with Gasteiger partial charge in [-0.1, -0.05) is 23.2 Å². The number of pyridine rings is 1. The molecule has 0 fully saturated rings. The van der Waals surface area contributed by atoms with E-state index in [0.29, 0.717) is 0 Å². The first kappa shape index (κ1) is 12.9. The van der Waals surface area contributed by atoms with Crippen molar-refractivity contribution in [2.45, 2.75) is 11.5 Å². The minimum absolute atomic E-state index is 0.496. The van der Waals surface area contributed by atoms with Gasteiger partial charge in [0.15, 0.2) is 5.03 Å². The lowest BCUT2D eigenvalue weighted by Gasteiger charge is -2.06. The Balaban J connectivity index is 3.45. The van der Waals surface area contributed by atoms with Crippen LogP contribution in [0.1, 0.15) is 12.0 Å². The van der Waals surface area contributed by atoms with Crippen LogP contribution in [0.5, 0.6) is 0 Å². The Morgan fingerprint density at radius 2 is 1.87 bits per heavy atom. The van der Waals surface area contributed by atoms with Crippen LogP contribution in [-0.2, 0) is 9.05 Å². The molecule has 0 unspecified atom stereocenters. The predicted molar refractivity (Wildman–Crippen MR) is 52.3 cm³/mol. The van der Waals surface area contributed by atoms with Crippen LogP contribution in [0.3, 0.4) is 0 Å². The molecule has 1 heterocycles. The van der Waals surface area contributed by atoms with Crippen molar-refractivity contribution in [2.75, 3.05) is 0 Å². The van der Waals surface area contributed by atoms with Crippen LogP contribution in [0, 0.1) is 0 Å². The molecule has 0 N–H and O–H groups in total. The molecule has 0 bridgehead atoms. The second-order valence-electron chi connectivity index (χ2n) is 2.39. The maximum atomic E-state index is 12.3. The molecular weight excluding hydrogens is 294 g/mol. The largest absolute Gasteiger partial charge is 0.278 e. The fraction of sp³-hybridized carbons (Fsp3) is 0.167. The van der Waals surface area contributed by atoms with Crippen molar-refractivity contribution in [1.82, 2.24) is 4.98 Å². The maximum Gasteiger partial charge on any atom is 0.278 e. The number of hydrogen-bond acceptors (Lipinski definition) is 3. The summed E-state index contributed by atoms with van der Waals surface area (Å²) in [5.41, 5.74) is -0.720. The average Bonchev–Trinajstić information content (AvgIpc) is 1.99. The Morgan fingerprint density at radius 1 is 1.33 bits per heavy atom. The molecule has 1 aromatic heterocycles. The number of halogens is 5. The van der Waals surface area contributed by atoms with E-state index in [-0.39, 0.29) is 0 Å². The number of rotatable bonds is 2. The van der Waals surface area contributed by atoms with Crippen LogP contribution in [0.15, 0.2) is 11.1 Å². The van der Waals surface area contributed by atoms with E-state index < -0.39 is 36.2 Å². The molecule has 9 heteroatoms. The summed E-state index contributed by atoms with van der Waals surface area (Å²) in [5.74, 6) is 0. The molecule has 0 atom stereocenters. The van der Waals surface area contributed by atoms with Crippen molar-refractivity contribution in [1.29, 1.82) is 0 Å². The lowest BCUT2D eigenvalue weighted by Crippen LogP contribution is -1.99. The number of hydrogen-bond donors (Lipinski definition) is 0. The summed E-state index contributed by atoms with van der Waals surface area (Å²) < 4.78 is 46.3. The summed E-state index contributed by atoms with van der Waals surface area (Å²) in [5, 5.41) is -1.84. The smallest absolute Gasteiger partial charge is 0.223 e. The van der Waals surface area contributed by atoms with Crippen LogP contribution in [0.25, 0.3) is 0 Å². The van der Waals surface area contributed by atoms with E-state index >= 15 is 0 Å². The molecule has 0 saturated heterocycles. The molecule has 0 aromatic carbocycles. The van der Waals surface area contributed by atoms with Gasteiger partial charge in [0.25, 0.3) is 15.5 Å². The zero-order valence-electron chi connectivity index (χ0n) is 6.72. The van der Waals surface area contributed by atoms with E-state index in [2.05, 4.69) is 4.98 Å². The average molecular weight is 297 g/mol. The quantitative estimate of drug-likeness (QED) is 0.621. The molecule has 1 rings (SSSR count). The Bertz CT molecular complexity index is 468. The predicted octanol–water partition coefficient (Wildman–Crippen LogP) is 3.25. The minimum Gasteiger partial charge on any atom is -0.223 e. The van der Waals surface area contributed by atoms with E-state index in [1.807, 2.05) is 0 Å². The molecule has 0 aliphatic carbocycles. The van der Waals surface area contributed by atoms with Crippen LogP contribution in [-0.4, -0.2) is 13.4 Å². The zero-order valence-corrected chi connectivity index (χ0v) is 9.80. The van der Waals surface area contributed by atoms with E-state index in [1.165, 1.54) is 0 Å². The van der Waals surface area contributed by atoms with Crippen LogP contribution in [0.2, 0.25) is 10.2 Å². The first-order valence-corrected chi connectivity index (χ1v) is 6.38. The second kappa shape index (κ2) is 4.37. The third kappa shape index (κ3) is 2.90. The topological polar surface area (TPSA) is 47.0 Å². The summed E-state index contributed by atoms with van der Waals surface area (Å²) in [6.45, 7) is 0. The molecule has 0 amide bonds. The third-order valence-corrected chi connectivity index (χ3v) is 3.19. The van der Waals surface area contributed by atoms with Crippen molar-refractivity contribution >= 4 is 42.9 Å². The normalized spacial score (nSPS) is 12.1. The van der Waals surface area contributed by atoms with Crippen molar-refractivity contribution in [3.8, 4) is 0 Å². The fourth-order valence-corrected chi connectivity index (χ4v) is 2.20. The Hall–Kier alpha value is -0.170. The summed E-state index contributed by atoms with van der Waals surface area (Å²) in [4.78, 5) is 3.21. The van der Waals surface area contributed by atoms with Crippen molar-refractivity contribution in [3.63, 3.8) is 0 Å². The van der Waals surface area contributed by atoms with Crippen LogP contribution < -0.4 is 0 Å². The molecule has 84 valence electrons.